The molecule has 0 aromatic heterocycles. The first-order valence-corrected chi connectivity index (χ1v) is 4.49. The fraction of sp³-hybridized carbons (Fsp3) is 1.00. The molecule has 2 atom stereocenters. The molecule has 0 saturated carbocycles. The van der Waals surface area contributed by atoms with Gasteiger partial charge >= 0.3 is 0 Å². The van der Waals surface area contributed by atoms with Gasteiger partial charge in [0.05, 0.1) is 39.9 Å². The third kappa shape index (κ3) is 6.58. The number of hydrogen-bond donors (Lipinski definition) is 2. The predicted molar refractivity (Wildman–Crippen MR) is 49.8 cm³/mol. The highest BCUT2D eigenvalue weighted by Gasteiger charge is 2.13. The van der Waals surface area contributed by atoms with E-state index in [2.05, 4.69) is 21.1 Å². The molecule has 0 fully saturated rings. The highest BCUT2D eigenvalue weighted by atomic mass is 16.3. The van der Waals surface area contributed by atoms with E-state index >= 15 is 0 Å². The van der Waals surface area contributed by atoms with E-state index in [9.17, 15) is 5.11 Å². The lowest BCUT2D eigenvalue weighted by molar-refractivity contribution is -0.870. The van der Waals surface area contributed by atoms with Crippen LogP contribution in [0.3, 0.4) is 0 Å². The van der Waals surface area contributed by atoms with Crippen LogP contribution in [0.4, 0.5) is 0 Å². The lowest BCUT2D eigenvalue weighted by atomic mass is 10.1. The van der Waals surface area contributed by atoms with Crippen molar-refractivity contribution in [3.63, 3.8) is 0 Å². The Hall–Kier alpha value is -0.120. The number of aliphatic hydroxyl groups is 2. The van der Waals surface area contributed by atoms with E-state index in [1.54, 1.807) is 6.92 Å². The molecule has 0 amide bonds. The summed E-state index contributed by atoms with van der Waals surface area (Å²) >= 11 is 0. The average Bonchev–Trinajstić information content (AvgIpc) is 1.84. The first-order chi connectivity index (χ1) is 5.33. The summed E-state index contributed by atoms with van der Waals surface area (Å²) in [7, 11) is 6.36. The Labute approximate surface area is 75.2 Å². The van der Waals surface area contributed by atoms with Crippen molar-refractivity contribution in [1.82, 2.24) is 0 Å². The van der Waals surface area contributed by atoms with E-state index in [1.807, 2.05) is 0 Å². The van der Waals surface area contributed by atoms with E-state index < -0.39 is 12.2 Å². The highest BCUT2D eigenvalue weighted by Crippen LogP contribution is 2.04. The molecule has 0 saturated heterocycles. The van der Waals surface area contributed by atoms with Gasteiger partial charge in [0.15, 0.2) is 0 Å². The van der Waals surface area contributed by atoms with E-state index in [0.29, 0.717) is 6.42 Å². The first-order valence-electron chi connectivity index (χ1n) is 4.49. The monoisotopic (exact) mass is 176 g/mol. The zero-order valence-electron chi connectivity index (χ0n) is 8.62. The summed E-state index contributed by atoms with van der Waals surface area (Å²) in [5, 5.41) is 18.3. The molecule has 3 nitrogen and oxygen atoms in total. The largest absolute Gasteiger partial charge is 0.391 e. The van der Waals surface area contributed by atoms with Gasteiger partial charge < -0.3 is 14.7 Å². The van der Waals surface area contributed by atoms with E-state index in [0.717, 1.165) is 17.4 Å². The molecule has 0 unspecified atom stereocenters. The van der Waals surface area contributed by atoms with Crippen LogP contribution in [0.2, 0.25) is 0 Å². The molecule has 0 radical (unpaired) electrons. The minimum absolute atomic E-state index is 0.559. The number of rotatable bonds is 5. The van der Waals surface area contributed by atoms with Crippen molar-refractivity contribution in [2.75, 3.05) is 27.7 Å². The topological polar surface area (TPSA) is 40.5 Å². The number of hydrogen-bond acceptors (Lipinski definition) is 2. The smallest absolute Gasteiger partial charge is 0.0798 e. The van der Waals surface area contributed by atoms with Crippen molar-refractivity contribution >= 4 is 0 Å². The summed E-state index contributed by atoms with van der Waals surface area (Å²) < 4.78 is 0.909. The number of aliphatic hydroxyl groups excluding tert-OH is 2. The molecule has 0 aliphatic carbocycles. The summed E-state index contributed by atoms with van der Waals surface area (Å²) in [6.07, 6.45) is 0.483. The van der Waals surface area contributed by atoms with Crippen LogP contribution in [-0.2, 0) is 0 Å². The van der Waals surface area contributed by atoms with Crippen LogP contribution in [0, 0.1) is 0 Å². The van der Waals surface area contributed by atoms with E-state index in [4.69, 9.17) is 5.11 Å². The molecule has 0 spiro atoms. The second kappa shape index (κ2) is 4.80. The Kier molecular flexibility index (Phi) is 4.75. The minimum atomic E-state index is -0.600. The summed E-state index contributed by atoms with van der Waals surface area (Å²) in [6.45, 7) is 2.65. The van der Waals surface area contributed by atoms with E-state index in [-0.39, 0.29) is 0 Å². The molecule has 2 N–H and O–H groups in total. The second-order valence-corrected chi connectivity index (χ2v) is 4.46. The van der Waals surface area contributed by atoms with Crippen LogP contribution in [-0.4, -0.2) is 54.6 Å². The summed E-state index contributed by atoms with van der Waals surface area (Å²) in [5.74, 6) is 0. The summed E-state index contributed by atoms with van der Waals surface area (Å²) in [5.41, 5.74) is 0. The zero-order valence-corrected chi connectivity index (χ0v) is 8.62. The van der Waals surface area contributed by atoms with Gasteiger partial charge in [0, 0.05) is 0 Å². The first kappa shape index (κ1) is 11.9. The van der Waals surface area contributed by atoms with Crippen molar-refractivity contribution in [2.45, 2.75) is 32.0 Å². The second-order valence-electron chi connectivity index (χ2n) is 4.46. The van der Waals surface area contributed by atoms with Gasteiger partial charge in [-0.15, -0.1) is 0 Å². The molecule has 0 heterocycles. The van der Waals surface area contributed by atoms with Crippen LogP contribution in [0.25, 0.3) is 0 Å². The molecule has 0 aromatic rings. The van der Waals surface area contributed by atoms with E-state index in [1.165, 1.54) is 0 Å². The standard InChI is InChI=1S/C9H22NO2/c1-8(11)9(12)6-5-7-10(2,3)4/h8-9,11-12H,5-7H2,1-4H3/q+1/t8-,9+/m0/s1. The van der Waals surface area contributed by atoms with Gasteiger partial charge in [-0.3, -0.25) is 0 Å². The maximum Gasteiger partial charge on any atom is 0.0798 e. The molecule has 74 valence electrons. The molecular formula is C9H22NO2+. The maximum absolute atomic E-state index is 9.27. The summed E-state index contributed by atoms with van der Waals surface area (Å²) in [4.78, 5) is 0. The molecule has 12 heavy (non-hydrogen) atoms. The molecule has 0 rings (SSSR count). The van der Waals surface area contributed by atoms with Gasteiger partial charge in [-0.25, -0.2) is 0 Å². The Bertz CT molecular complexity index is 118. The molecule has 0 aliphatic rings. The van der Waals surface area contributed by atoms with Crippen molar-refractivity contribution in [1.29, 1.82) is 0 Å². The van der Waals surface area contributed by atoms with Crippen LogP contribution < -0.4 is 0 Å². The Balaban J connectivity index is 3.44. The van der Waals surface area contributed by atoms with Crippen molar-refractivity contribution in [2.24, 2.45) is 0 Å². The van der Waals surface area contributed by atoms with Crippen molar-refractivity contribution < 1.29 is 14.7 Å². The van der Waals surface area contributed by atoms with Crippen molar-refractivity contribution in [3.05, 3.63) is 0 Å². The van der Waals surface area contributed by atoms with Gasteiger partial charge in [0.2, 0.25) is 0 Å². The molecular weight excluding hydrogens is 154 g/mol. The van der Waals surface area contributed by atoms with Gasteiger partial charge in [0.25, 0.3) is 0 Å². The van der Waals surface area contributed by atoms with Gasteiger partial charge in [-0.1, -0.05) is 0 Å². The highest BCUT2D eigenvalue weighted by molar-refractivity contribution is 4.60. The fourth-order valence-corrected chi connectivity index (χ4v) is 1.02. The molecule has 3 heteroatoms. The van der Waals surface area contributed by atoms with Crippen LogP contribution in [0.5, 0.6) is 0 Å². The molecule has 0 aromatic carbocycles. The summed E-state index contributed by atoms with van der Waals surface area (Å²) in [6, 6.07) is 0. The normalized spacial score (nSPS) is 17.5. The average molecular weight is 176 g/mol. The minimum Gasteiger partial charge on any atom is -0.391 e. The Morgan fingerprint density at radius 1 is 1.17 bits per heavy atom. The van der Waals surface area contributed by atoms with Crippen LogP contribution in [0.15, 0.2) is 0 Å². The predicted octanol–water partition coefficient (Wildman–Crippen LogP) is 0.214. The zero-order chi connectivity index (χ0) is 9.78. The SMILES string of the molecule is C[C@H](O)[C@H](O)CCC[N+](C)(C)C. The number of nitrogens with zero attached hydrogens (tertiary/aromatic N) is 1. The fourth-order valence-electron chi connectivity index (χ4n) is 1.02. The molecule has 0 aliphatic heterocycles. The number of quaternary nitrogens is 1. The lowest BCUT2D eigenvalue weighted by Gasteiger charge is -2.24. The van der Waals surface area contributed by atoms with Crippen LogP contribution in [0.1, 0.15) is 19.8 Å². The molecule has 0 bridgehead atoms. The van der Waals surface area contributed by atoms with Gasteiger partial charge in [0.1, 0.15) is 0 Å². The van der Waals surface area contributed by atoms with Gasteiger partial charge in [-0.05, 0) is 19.8 Å². The van der Waals surface area contributed by atoms with Crippen molar-refractivity contribution in [3.8, 4) is 0 Å². The maximum atomic E-state index is 9.27. The third-order valence-electron chi connectivity index (χ3n) is 1.89. The van der Waals surface area contributed by atoms with Crippen LogP contribution >= 0.6 is 0 Å². The Morgan fingerprint density at radius 3 is 2.00 bits per heavy atom. The quantitative estimate of drug-likeness (QED) is 0.588. The lowest BCUT2D eigenvalue weighted by Crippen LogP contribution is -2.36. The Morgan fingerprint density at radius 2 is 1.67 bits per heavy atom. The van der Waals surface area contributed by atoms with Gasteiger partial charge in [-0.2, -0.15) is 0 Å². The third-order valence-corrected chi connectivity index (χ3v) is 1.89.